The Balaban J connectivity index is 3.31. The van der Waals surface area contributed by atoms with Gasteiger partial charge in [-0.05, 0) is 35.0 Å². The minimum Gasteiger partial charge on any atom is -0.295 e. The molecular weight excluding hydrogens is 246 g/mol. The maximum absolute atomic E-state index is 12.9. The van der Waals surface area contributed by atoms with E-state index in [-0.39, 0.29) is 10.8 Å². The van der Waals surface area contributed by atoms with E-state index in [1.165, 1.54) is 13.0 Å². The monoisotopic (exact) mass is 250 g/mol. The number of halogens is 3. The third-order valence-corrected chi connectivity index (χ3v) is 2.63. The van der Waals surface area contributed by atoms with Gasteiger partial charge in [0.05, 0.1) is 5.02 Å². The molecule has 0 aliphatic rings. The number of Topliss-reactive ketones (excluding diaryl/α,β-unsaturated/α-hetero) is 1. The van der Waals surface area contributed by atoms with Crippen LogP contribution in [0.2, 0.25) is 5.02 Å². The molecule has 1 aromatic carbocycles. The van der Waals surface area contributed by atoms with Crippen LogP contribution in [-0.4, -0.2) is 5.78 Å². The van der Waals surface area contributed by atoms with E-state index < -0.39 is 5.82 Å². The minimum atomic E-state index is -0.587. The molecule has 0 N–H and O–H groups in total. The number of rotatable bonds is 1. The predicted octanol–water partition coefficient (Wildman–Crippen LogP) is 3.44. The second kappa shape index (κ2) is 3.54. The zero-order chi connectivity index (χ0) is 9.30. The molecule has 0 aromatic heterocycles. The van der Waals surface area contributed by atoms with E-state index in [4.69, 9.17) is 11.6 Å². The predicted molar refractivity (Wildman–Crippen MR) is 49.1 cm³/mol. The summed E-state index contributed by atoms with van der Waals surface area (Å²) in [5.41, 5.74) is 0.309. The van der Waals surface area contributed by atoms with Crippen molar-refractivity contribution < 1.29 is 9.18 Å². The van der Waals surface area contributed by atoms with Crippen LogP contribution in [0.1, 0.15) is 17.3 Å². The fraction of sp³-hybridized carbons (Fsp3) is 0.125. The number of carbonyl (C=O) groups excluding carboxylic acids is 1. The van der Waals surface area contributed by atoms with Gasteiger partial charge in [0.2, 0.25) is 0 Å². The standard InChI is InChI=1S/C8H5BrClFO/c1-4(12)5-2-6(9)8(10)7(11)3-5/h2-3H,1H3. The molecule has 1 rings (SSSR count). The smallest absolute Gasteiger partial charge is 0.159 e. The number of benzene rings is 1. The molecule has 0 aliphatic heterocycles. The summed E-state index contributed by atoms with van der Waals surface area (Å²) >= 11 is 8.56. The third kappa shape index (κ3) is 1.84. The van der Waals surface area contributed by atoms with Crippen molar-refractivity contribution in [1.82, 2.24) is 0 Å². The number of hydrogen-bond acceptors (Lipinski definition) is 1. The minimum absolute atomic E-state index is 0.000000000000000222. The van der Waals surface area contributed by atoms with Gasteiger partial charge in [-0.25, -0.2) is 4.39 Å². The highest BCUT2D eigenvalue weighted by Crippen LogP contribution is 2.26. The van der Waals surface area contributed by atoms with E-state index in [0.29, 0.717) is 10.0 Å². The molecule has 1 aromatic rings. The Kier molecular flexibility index (Phi) is 2.85. The van der Waals surface area contributed by atoms with Crippen molar-refractivity contribution >= 4 is 33.3 Å². The van der Waals surface area contributed by atoms with Crippen LogP contribution in [0.5, 0.6) is 0 Å². The largest absolute Gasteiger partial charge is 0.295 e. The zero-order valence-corrected chi connectivity index (χ0v) is 8.54. The van der Waals surface area contributed by atoms with Gasteiger partial charge in [-0.15, -0.1) is 0 Å². The van der Waals surface area contributed by atoms with Crippen molar-refractivity contribution in [3.8, 4) is 0 Å². The molecule has 0 bridgehead atoms. The van der Waals surface area contributed by atoms with Crippen molar-refractivity contribution in [2.45, 2.75) is 6.92 Å². The molecule has 0 aliphatic carbocycles. The highest BCUT2D eigenvalue weighted by Gasteiger charge is 2.08. The lowest BCUT2D eigenvalue weighted by atomic mass is 10.1. The van der Waals surface area contributed by atoms with Crippen LogP contribution in [0.3, 0.4) is 0 Å². The molecule has 1 nitrogen and oxygen atoms in total. The molecule has 0 saturated heterocycles. The maximum atomic E-state index is 12.9. The topological polar surface area (TPSA) is 17.1 Å². The normalized spacial score (nSPS) is 10.0. The average molecular weight is 251 g/mol. The summed E-state index contributed by atoms with van der Waals surface area (Å²) in [5, 5.41) is 0.000000000000000222. The molecule has 0 heterocycles. The van der Waals surface area contributed by atoms with Gasteiger partial charge in [0.1, 0.15) is 5.82 Å². The van der Waals surface area contributed by atoms with Crippen molar-refractivity contribution in [3.63, 3.8) is 0 Å². The Morgan fingerprint density at radius 1 is 1.58 bits per heavy atom. The lowest BCUT2D eigenvalue weighted by Crippen LogP contribution is -1.93. The van der Waals surface area contributed by atoms with Crippen LogP contribution in [0.4, 0.5) is 4.39 Å². The summed E-state index contributed by atoms with van der Waals surface area (Å²) in [6.45, 7) is 1.37. The van der Waals surface area contributed by atoms with E-state index >= 15 is 0 Å². The lowest BCUT2D eigenvalue weighted by molar-refractivity contribution is 0.101. The van der Waals surface area contributed by atoms with Gasteiger partial charge in [0.25, 0.3) is 0 Å². The quantitative estimate of drug-likeness (QED) is 0.552. The first kappa shape index (κ1) is 9.68. The molecule has 0 radical (unpaired) electrons. The third-order valence-electron chi connectivity index (χ3n) is 1.39. The molecule has 0 fully saturated rings. The molecule has 64 valence electrons. The maximum Gasteiger partial charge on any atom is 0.159 e. The van der Waals surface area contributed by atoms with E-state index in [9.17, 15) is 9.18 Å². The Bertz CT molecular complexity index is 315. The van der Waals surface area contributed by atoms with Crippen LogP contribution in [-0.2, 0) is 0 Å². The van der Waals surface area contributed by atoms with Gasteiger partial charge in [-0.3, -0.25) is 4.79 Å². The van der Waals surface area contributed by atoms with Crippen molar-refractivity contribution in [1.29, 1.82) is 0 Å². The first-order valence-corrected chi connectivity index (χ1v) is 4.35. The fourth-order valence-electron chi connectivity index (χ4n) is 0.759. The van der Waals surface area contributed by atoms with Gasteiger partial charge in [-0.2, -0.15) is 0 Å². The first-order valence-electron chi connectivity index (χ1n) is 3.18. The second-order valence-electron chi connectivity index (χ2n) is 2.31. The van der Waals surface area contributed by atoms with Crippen LogP contribution < -0.4 is 0 Å². The van der Waals surface area contributed by atoms with Gasteiger partial charge < -0.3 is 0 Å². The Hall–Kier alpha value is -0.410. The molecular formula is C8H5BrClFO. The van der Waals surface area contributed by atoms with E-state index in [2.05, 4.69) is 15.9 Å². The van der Waals surface area contributed by atoms with E-state index in [1.807, 2.05) is 0 Å². The Labute approximate surface area is 82.7 Å². The number of ketones is 1. The molecule has 0 saturated carbocycles. The van der Waals surface area contributed by atoms with Crippen molar-refractivity contribution in [2.75, 3.05) is 0 Å². The molecule has 0 amide bonds. The molecule has 12 heavy (non-hydrogen) atoms. The van der Waals surface area contributed by atoms with Crippen molar-refractivity contribution in [2.24, 2.45) is 0 Å². The number of carbonyl (C=O) groups is 1. The van der Waals surface area contributed by atoms with E-state index in [0.717, 1.165) is 6.07 Å². The average Bonchev–Trinajstić information content (AvgIpc) is 1.99. The van der Waals surface area contributed by atoms with Gasteiger partial charge in [0, 0.05) is 10.0 Å². The van der Waals surface area contributed by atoms with Crippen LogP contribution in [0, 0.1) is 5.82 Å². The fourth-order valence-corrected chi connectivity index (χ4v) is 1.30. The van der Waals surface area contributed by atoms with Crippen LogP contribution in [0.25, 0.3) is 0 Å². The molecule has 4 heteroatoms. The summed E-state index contributed by atoms with van der Waals surface area (Å²) < 4.78 is 13.3. The Morgan fingerprint density at radius 2 is 2.17 bits per heavy atom. The summed E-state index contributed by atoms with van der Waals surface area (Å²) in [4.78, 5) is 10.8. The van der Waals surface area contributed by atoms with Crippen LogP contribution in [0.15, 0.2) is 16.6 Å². The second-order valence-corrected chi connectivity index (χ2v) is 3.54. The van der Waals surface area contributed by atoms with E-state index in [1.54, 1.807) is 0 Å². The van der Waals surface area contributed by atoms with Gasteiger partial charge in [-0.1, -0.05) is 11.6 Å². The molecule has 0 atom stereocenters. The molecule has 0 spiro atoms. The highest BCUT2D eigenvalue weighted by atomic mass is 79.9. The lowest BCUT2D eigenvalue weighted by Gasteiger charge is -2.00. The van der Waals surface area contributed by atoms with Gasteiger partial charge >= 0.3 is 0 Å². The first-order chi connectivity index (χ1) is 5.52. The van der Waals surface area contributed by atoms with Crippen LogP contribution >= 0.6 is 27.5 Å². The highest BCUT2D eigenvalue weighted by molar-refractivity contribution is 9.10. The Morgan fingerprint density at radius 3 is 2.58 bits per heavy atom. The summed E-state index contributed by atoms with van der Waals surface area (Å²) in [5.74, 6) is -0.775. The summed E-state index contributed by atoms with van der Waals surface area (Å²) in [6.07, 6.45) is 0. The zero-order valence-electron chi connectivity index (χ0n) is 6.20. The SMILES string of the molecule is CC(=O)c1cc(F)c(Cl)c(Br)c1. The number of hydrogen-bond donors (Lipinski definition) is 0. The van der Waals surface area contributed by atoms with Crippen molar-refractivity contribution in [3.05, 3.63) is 33.0 Å². The summed E-state index contributed by atoms with van der Waals surface area (Å²) in [6, 6.07) is 2.61. The summed E-state index contributed by atoms with van der Waals surface area (Å²) in [7, 11) is 0. The molecule has 0 unspecified atom stereocenters. The van der Waals surface area contributed by atoms with Gasteiger partial charge in [0.15, 0.2) is 5.78 Å².